The van der Waals surface area contributed by atoms with Gasteiger partial charge in [0.05, 0.1) is 4.90 Å². The monoisotopic (exact) mass is 475 g/mol. The Morgan fingerprint density at radius 2 is 1.84 bits per heavy atom. The zero-order valence-electron chi connectivity index (χ0n) is 17.6. The normalized spacial score (nSPS) is 11.3. The number of aromatic nitrogens is 3. The maximum absolute atomic E-state index is 12.1. The molecule has 11 heteroatoms. The number of aromatic amines is 1. The van der Waals surface area contributed by atoms with E-state index in [-0.39, 0.29) is 17.4 Å². The van der Waals surface area contributed by atoms with Gasteiger partial charge in [-0.3, -0.25) is 9.89 Å². The number of amides is 1. The molecule has 0 saturated carbocycles. The summed E-state index contributed by atoms with van der Waals surface area (Å²) >= 11 is 1.43. The summed E-state index contributed by atoms with van der Waals surface area (Å²) in [6.07, 6.45) is 0.709. The van der Waals surface area contributed by atoms with E-state index < -0.39 is 10.0 Å². The Kier molecular flexibility index (Phi) is 8.65. The number of carbonyl (C=O) groups excluding carboxylic acids is 1. The quantitative estimate of drug-likeness (QED) is 0.271. The Bertz CT molecular complexity index is 1100. The van der Waals surface area contributed by atoms with E-state index >= 15 is 0 Å². The van der Waals surface area contributed by atoms with Crippen molar-refractivity contribution in [1.82, 2.24) is 25.2 Å². The first kappa shape index (κ1) is 23.8. The van der Waals surface area contributed by atoms with Crippen molar-refractivity contribution < 1.29 is 17.9 Å². The van der Waals surface area contributed by atoms with E-state index in [1.54, 1.807) is 0 Å². The molecule has 0 aliphatic heterocycles. The van der Waals surface area contributed by atoms with E-state index in [1.807, 2.05) is 37.3 Å². The number of hydrogen-bond acceptors (Lipinski definition) is 7. The highest BCUT2D eigenvalue weighted by atomic mass is 32.2. The fraction of sp³-hybridized carbons (Fsp3) is 0.286. The standard InChI is InChI=1S/C21H25N5O4S2/c1-2-12-23-32(28,29)18-10-8-17(9-11-18)30-15-19(27)22-13-14-31-21-24-20(25-26-21)16-6-4-3-5-7-16/h3-11,23H,2,12-15H2,1H3,(H,22,27)(H,24,25,26). The van der Waals surface area contributed by atoms with Gasteiger partial charge in [0, 0.05) is 24.4 Å². The third-order valence-corrected chi connectivity index (χ3v) is 6.54. The lowest BCUT2D eigenvalue weighted by Crippen LogP contribution is -2.30. The smallest absolute Gasteiger partial charge is 0.257 e. The van der Waals surface area contributed by atoms with E-state index in [9.17, 15) is 13.2 Å². The van der Waals surface area contributed by atoms with Crippen LogP contribution in [0.2, 0.25) is 0 Å². The first-order chi connectivity index (χ1) is 15.5. The number of H-pyrrole nitrogens is 1. The van der Waals surface area contributed by atoms with Crippen LogP contribution in [0.4, 0.5) is 0 Å². The topological polar surface area (TPSA) is 126 Å². The van der Waals surface area contributed by atoms with Gasteiger partial charge in [-0.15, -0.1) is 5.10 Å². The molecule has 0 aliphatic rings. The fourth-order valence-electron chi connectivity index (χ4n) is 2.60. The second kappa shape index (κ2) is 11.7. The Morgan fingerprint density at radius 3 is 2.56 bits per heavy atom. The maximum atomic E-state index is 12.1. The first-order valence-electron chi connectivity index (χ1n) is 10.1. The molecule has 0 spiro atoms. The van der Waals surface area contributed by atoms with E-state index in [0.29, 0.717) is 42.0 Å². The van der Waals surface area contributed by atoms with Crippen molar-refractivity contribution in [2.75, 3.05) is 25.4 Å². The molecular formula is C21H25N5O4S2. The highest BCUT2D eigenvalue weighted by Gasteiger charge is 2.13. The molecule has 0 bridgehead atoms. The van der Waals surface area contributed by atoms with Crippen molar-refractivity contribution in [1.29, 1.82) is 0 Å². The van der Waals surface area contributed by atoms with Crippen LogP contribution in [0.1, 0.15) is 13.3 Å². The Hall–Kier alpha value is -2.89. The summed E-state index contributed by atoms with van der Waals surface area (Å²) in [7, 11) is -3.52. The van der Waals surface area contributed by atoms with E-state index in [1.165, 1.54) is 36.0 Å². The third-order valence-electron chi connectivity index (χ3n) is 4.21. The predicted molar refractivity (Wildman–Crippen MR) is 123 cm³/mol. The average Bonchev–Trinajstić information content (AvgIpc) is 3.29. The van der Waals surface area contributed by atoms with Crippen LogP contribution in [0.3, 0.4) is 0 Å². The summed E-state index contributed by atoms with van der Waals surface area (Å²) in [5, 5.41) is 10.4. The van der Waals surface area contributed by atoms with Gasteiger partial charge in [-0.05, 0) is 30.7 Å². The molecule has 0 saturated heterocycles. The molecule has 170 valence electrons. The number of sulfonamides is 1. The van der Waals surface area contributed by atoms with Crippen LogP contribution in [-0.2, 0) is 14.8 Å². The molecule has 1 aromatic heterocycles. The van der Waals surface area contributed by atoms with Crippen LogP contribution in [-0.4, -0.2) is 55.0 Å². The average molecular weight is 476 g/mol. The van der Waals surface area contributed by atoms with Crippen LogP contribution >= 0.6 is 11.8 Å². The van der Waals surface area contributed by atoms with E-state index in [2.05, 4.69) is 25.2 Å². The Labute approximate surface area is 191 Å². The van der Waals surface area contributed by atoms with Gasteiger partial charge in [0.25, 0.3) is 5.91 Å². The summed E-state index contributed by atoms with van der Waals surface area (Å²) in [5.74, 6) is 1.45. The summed E-state index contributed by atoms with van der Waals surface area (Å²) in [6, 6.07) is 15.6. The SMILES string of the molecule is CCCNS(=O)(=O)c1ccc(OCC(=O)NCCSc2n[nH]c(-c3ccccc3)n2)cc1. The maximum Gasteiger partial charge on any atom is 0.257 e. The summed E-state index contributed by atoms with van der Waals surface area (Å²) in [6.45, 7) is 2.54. The van der Waals surface area contributed by atoms with E-state index in [0.717, 1.165) is 5.56 Å². The van der Waals surface area contributed by atoms with Crippen molar-refractivity contribution in [3.63, 3.8) is 0 Å². The lowest BCUT2D eigenvalue weighted by molar-refractivity contribution is -0.122. The van der Waals surface area contributed by atoms with Crippen LogP contribution in [0.25, 0.3) is 11.4 Å². The molecular weight excluding hydrogens is 450 g/mol. The van der Waals surface area contributed by atoms with Crippen molar-refractivity contribution in [3.8, 4) is 17.1 Å². The Morgan fingerprint density at radius 1 is 1.09 bits per heavy atom. The number of nitrogens with zero attached hydrogens (tertiary/aromatic N) is 2. The molecule has 9 nitrogen and oxygen atoms in total. The van der Waals surface area contributed by atoms with E-state index in [4.69, 9.17) is 4.74 Å². The highest BCUT2D eigenvalue weighted by molar-refractivity contribution is 7.99. The van der Waals surface area contributed by atoms with Gasteiger partial charge in [0.2, 0.25) is 15.2 Å². The summed E-state index contributed by atoms with van der Waals surface area (Å²) in [4.78, 5) is 16.6. The largest absolute Gasteiger partial charge is 0.484 e. The molecule has 3 N–H and O–H groups in total. The van der Waals surface area contributed by atoms with Gasteiger partial charge in [0.1, 0.15) is 5.75 Å². The van der Waals surface area contributed by atoms with Gasteiger partial charge in [-0.25, -0.2) is 18.1 Å². The first-order valence-corrected chi connectivity index (χ1v) is 12.5. The van der Waals surface area contributed by atoms with Gasteiger partial charge in [-0.2, -0.15) is 0 Å². The van der Waals surface area contributed by atoms with Gasteiger partial charge >= 0.3 is 0 Å². The number of carbonyl (C=O) groups is 1. The summed E-state index contributed by atoms with van der Waals surface area (Å²) < 4.78 is 32.0. The second-order valence-corrected chi connectivity index (χ2v) is 9.52. The van der Waals surface area contributed by atoms with Crippen LogP contribution in [0.5, 0.6) is 5.75 Å². The van der Waals surface area contributed by atoms with Gasteiger partial charge in [0.15, 0.2) is 12.4 Å². The molecule has 1 amide bonds. The molecule has 0 atom stereocenters. The number of ether oxygens (including phenoxy) is 1. The van der Waals surface area contributed by atoms with Gasteiger partial charge in [-0.1, -0.05) is 49.0 Å². The second-order valence-electron chi connectivity index (χ2n) is 6.69. The van der Waals surface area contributed by atoms with Crippen LogP contribution < -0.4 is 14.8 Å². The molecule has 1 heterocycles. The molecule has 0 unspecified atom stereocenters. The molecule has 32 heavy (non-hydrogen) atoms. The molecule has 0 fully saturated rings. The van der Waals surface area contributed by atoms with Crippen molar-refractivity contribution in [2.45, 2.75) is 23.4 Å². The number of benzene rings is 2. The molecule has 3 aromatic rings. The van der Waals surface area contributed by atoms with Crippen LogP contribution in [0, 0.1) is 0 Å². The number of thioether (sulfide) groups is 1. The molecule has 0 radical (unpaired) electrons. The minimum absolute atomic E-state index is 0.155. The molecule has 3 rings (SSSR count). The zero-order valence-corrected chi connectivity index (χ0v) is 19.2. The van der Waals surface area contributed by atoms with Crippen molar-refractivity contribution >= 4 is 27.7 Å². The minimum Gasteiger partial charge on any atom is -0.484 e. The number of nitrogens with one attached hydrogen (secondary N) is 3. The van der Waals surface area contributed by atoms with Gasteiger partial charge < -0.3 is 10.1 Å². The zero-order chi connectivity index (χ0) is 22.8. The van der Waals surface area contributed by atoms with Crippen molar-refractivity contribution in [2.24, 2.45) is 0 Å². The minimum atomic E-state index is -3.52. The highest BCUT2D eigenvalue weighted by Crippen LogP contribution is 2.18. The molecule has 0 aliphatic carbocycles. The number of rotatable bonds is 12. The third kappa shape index (κ3) is 7.08. The number of hydrogen-bond donors (Lipinski definition) is 3. The van der Waals surface area contributed by atoms with Crippen molar-refractivity contribution in [3.05, 3.63) is 54.6 Å². The lowest BCUT2D eigenvalue weighted by Gasteiger charge is -2.09. The fourth-order valence-corrected chi connectivity index (χ4v) is 4.39. The van der Waals surface area contributed by atoms with Crippen LogP contribution in [0.15, 0.2) is 64.6 Å². The molecule has 2 aromatic carbocycles. The summed E-state index contributed by atoms with van der Waals surface area (Å²) in [5.41, 5.74) is 0.958. The Balaban J connectivity index is 1.36. The lowest BCUT2D eigenvalue weighted by atomic mass is 10.2. The predicted octanol–water partition coefficient (Wildman–Crippen LogP) is 2.45.